The second-order valence-corrected chi connectivity index (χ2v) is 11.8. The van der Waals surface area contributed by atoms with Crippen molar-refractivity contribution in [3.8, 4) is 0 Å². The molecular weight excluding hydrogens is 468 g/mol. The van der Waals surface area contributed by atoms with Gasteiger partial charge < -0.3 is 19.3 Å². The Labute approximate surface area is 218 Å². The van der Waals surface area contributed by atoms with Gasteiger partial charge in [0.05, 0.1) is 24.7 Å². The van der Waals surface area contributed by atoms with Crippen molar-refractivity contribution in [3.63, 3.8) is 0 Å². The average molecular weight is 509 g/mol. The number of methoxy groups -OCH3 is 1. The van der Waals surface area contributed by atoms with Gasteiger partial charge in [-0.25, -0.2) is 9.78 Å². The Bertz CT molecular complexity index is 1190. The van der Waals surface area contributed by atoms with Crippen LogP contribution in [0, 0.1) is 0 Å². The molecule has 2 unspecified atom stereocenters. The number of β-amino-alcohol motifs (C(OH)–C–C–N with tert-alkyl or cyclic N) is 1. The number of anilines is 1. The van der Waals surface area contributed by atoms with E-state index in [1.165, 1.54) is 64.9 Å². The van der Waals surface area contributed by atoms with Gasteiger partial charge in [0.1, 0.15) is 0 Å². The fraction of sp³-hybridized carbons (Fsp3) is 0.690. The maximum Gasteiger partial charge on any atom is 0.339 e. The Hall–Kier alpha value is -2.45. The molecule has 2 bridgehead atoms. The molecule has 0 spiro atoms. The Morgan fingerprint density at radius 1 is 0.973 bits per heavy atom. The first-order chi connectivity index (χ1) is 18.0. The van der Waals surface area contributed by atoms with Crippen molar-refractivity contribution in [2.24, 2.45) is 0 Å². The summed E-state index contributed by atoms with van der Waals surface area (Å²) in [4.78, 5) is 35.6. The number of carbonyl (C=O) groups excluding carboxylic acids is 1. The molecule has 1 aliphatic carbocycles. The van der Waals surface area contributed by atoms with E-state index >= 15 is 0 Å². The summed E-state index contributed by atoms with van der Waals surface area (Å²) in [5.74, 6) is -0.331. The molecule has 8 nitrogen and oxygen atoms in total. The predicted molar refractivity (Wildman–Crippen MR) is 143 cm³/mol. The summed E-state index contributed by atoms with van der Waals surface area (Å²) in [6.07, 6.45) is 14.1. The van der Waals surface area contributed by atoms with Crippen molar-refractivity contribution in [2.45, 2.75) is 107 Å². The summed E-state index contributed by atoms with van der Waals surface area (Å²) in [6.45, 7) is 0.406. The molecule has 37 heavy (non-hydrogen) atoms. The molecule has 1 N–H and O–H groups in total. The Kier molecular flexibility index (Phi) is 6.74. The molecule has 6 rings (SSSR count). The predicted octanol–water partition coefficient (Wildman–Crippen LogP) is 3.79. The average Bonchev–Trinajstić information content (AvgIpc) is 3.40. The standard InChI is InChI=1S/C29H40N4O4/c1-37-28(35)29(36)15-16-31(19-29)26-27(34)33(25-12-8-7-11-24(25)30-26)23-17-21-13-14-22(18-23)32(21)20-9-5-3-2-4-6-10-20/h7-8,11-12,20-23,36H,2-6,9-10,13-19H2,1H3/t21-,22+,23?,29?. The second kappa shape index (κ2) is 10.0. The lowest BCUT2D eigenvalue weighted by atomic mass is 9.89. The zero-order valence-corrected chi connectivity index (χ0v) is 22.0. The normalized spacial score (nSPS) is 31.4. The third kappa shape index (κ3) is 4.46. The van der Waals surface area contributed by atoms with Crippen LogP contribution in [0.3, 0.4) is 0 Å². The summed E-state index contributed by atoms with van der Waals surface area (Å²) < 4.78 is 6.82. The third-order valence-electron chi connectivity index (χ3n) is 9.52. The van der Waals surface area contributed by atoms with Crippen molar-refractivity contribution in [2.75, 3.05) is 25.1 Å². The number of esters is 1. The molecule has 8 heteroatoms. The van der Waals surface area contributed by atoms with Gasteiger partial charge in [-0.05, 0) is 50.7 Å². The number of carbonyl (C=O) groups is 1. The molecule has 0 amide bonds. The van der Waals surface area contributed by atoms with E-state index in [9.17, 15) is 14.7 Å². The highest BCUT2D eigenvalue weighted by atomic mass is 16.5. The van der Waals surface area contributed by atoms with Gasteiger partial charge in [-0.1, -0.05) is 44.2 Å². The van der Waals surface area contributed by atoms with Crippen molar-refractivity contribution >= 4 is 22.8 Å². The van der Waals surface area contributed by atoms with Crippen molar-refractivity contribution in [3.05, 3.63) is 34.6 Å². The molecule has 4 atom stereocenters. The van der Waals surface area contributed by atoms with Crippen LogP contribution in [0.25, 0.3) is 11.0 Å². The fourth-order valence-corrected chi connectivity index (χ4v) is 7.77. The minimum atomic E-state index is -1.61. The lowest BCUT2D eigenvalue weighted by Crippen LogP contribution is -2.50. The summed E-state index contributed by atoms with van der Waals surface area (Å²) in [6, 6.07) is 9.77. The zero-order valence-electron chi connectivity index (χ0n) is 22.0. The number of nitrogens with zero attached hydrogens (tertiary/aromatic N) is 4. The highest BCUT2D eigenvalue weighted by molar-refractivity contribution is 5.81. The zero-order chi connectivity index (χ0) is 25.6. The number of hydrogen-bond donors (Lipinski definition) is 1. The van der Waals surface area contributed by atoms with E-state index in [1.54, 1.807) is 4.90 Å². The van der Waals surface area contributed by atoms with Gasteiger partial charge in [-0.2, -0.15) is 0 Å². The fourth-order valence-electron chi connectivity index (χ4n) is 7.77. The number of para-hydroxylation sites is 2. The van der Waals surface area contributed by atoms with Gasteiger partial charge in [-0.15, -0.1) is 0 Å². The summed E-state index contributed by atoms with van der Waals surface area (Å²) in [5, 5.41) is 10.8. The van der Waals surface area contributed by atoms with Crippen LogP contribution in [0.5, 0.6) is 0 Å². The molecular formula is C29H40N4O4. The van der Waals surface area contributed by atoms with E-state index < -0.39 is 11.6 Å². The number of piperidine rings is 1. The number of rotatable bonds is 4. The smallest absolute Gasteiger partial charge is 0.339 e. The van der Waals surface area contributed by atoms with E-state index in [4.69, 9.17) is 9.72 Å². The molecule has 4 fully saturated rings. The molecule has 3 aliphatic heterocycles. The number of ether oxygens (including phenoxy) is 1. The summed E-state index contributed by atoms with van der Waals surface area (Å²) >= 11 is 0. The number of hydrogen-bond acceptors (Lipinski definition) is 7. The van der Waals surface area contributed by atoms with Crippen LogP contribution in [-0.2, 0) is 9.53 Å². The SMILES string of the molecule is COC(=O)C1(O)CCN(c2nc3ccccc3n(C3C[C@H]4CC[C@@H](C3)N4C3CCCCCCC3)c2=O)C1. The van der Waals surface area contributed by atoms with Crippen molar-refractivity contribution in [1.82, 2.24) is 14.5 Å². The maximum absolute atomic E-state index is 14.1. The molecule has 4 aliphatic rings. The number of fused-ring (bicyclic) bond motifs is 3. The van der Waals surface area contributed by atoms with Crippen LogP contribution in [0.15, 0.2) is 29.1 Å². The first-order valence-electron chi connectivity index (χ1n) is 14.3. The molecule has 2 aromatic rings. The molecule has 1 saturated carbocycles. The second-order valence-electron chi connectivity index (χ2n) is 11.8. The lowest BCUT2D eigenvalue weighted by Gasteiger charge is -2.45. The quantitative estimate of drug-likeness (QED) is 0.629. The Morgan fingerprint density at radius 3 is 2.35 bits per heavy atom. The van der Waals surface area contributed by atoms with Crippen LogP contribution in [0.4, 0.5) is 5.82 Å². The van der Waals surface area contributed by atoms with Crippen LogP contribution >= 0.6 is 0 Å². The highest BCUT2D eigenvalue weighted by Crippen LogP contribution is 2.44. The summed E-state index contributed by atoms with van der Waals surface area (Å²) in [7, 11) is 1.28. The van der Waals surface area contributed by atoms with E-state index in [-0.39, 0.29) is 24.6 Å². The largest absolute Gasteiger partial charge is 0.467 e. The minimum absolute atomic E-state index is 0.0195. The minimum Gasteiger partial charge on any atom is -0.467 e. The van der Waals surface area contributed by atoms with Gasteiger partial charge in [0.25, 0.3) is 5.56 Å². The topological polar surface area (TPSA) is 87.9 Å². The summed E-state index contributed by atoms with van der Waals surface area (Å²) in [5.41, 5.74) is -0.0685. The molecule has 0 radical (unpaired) electrons. The number of aromatic nitrogens is 2. The Balaban J connectivity index is 1.32. The lowest BCUT2D eigenvalue weighted by molar-refractivity contribution is -0.159. The molecule has 4 heterocycles. The van der Waals surface area contributed by atoms with Gasteiger partial charge in [0, 0.05) is 37.1 Å². The van der Waals surface area contributed by atoms with Crippen molar-refractivity contribution < 1.29 is 14.6 Å². The van der Waals surface area contributed by atoms with Gasteiger partial charge in [-0.3, -0.25) is 9.69 Å². The third-order valence-corrected chi connectivity index (χ3v) is 9.52. The van der Waals surface area contributed by atoms with E-state index in [0.29, 0.717) is 30.5 Å². The first-order valence-corrected chi connectivity index (χ1v) is 14.3. The van der Waals surface area contributed by atoms with E-state index in [1.807, 2.05) is 28.8 Å². The van der Waals surface area contributed by atoms with E-state index in [0.717, 1.165) is 23.9 Å². The molecule has 1 aromatic heterocycles. The van der Waals surface area contributed by atoms with Gasteiger partial charge in [0.2, 0.25) is 0 Å². The monoisotopic (exact) mass is 508 g/mol. The maximum atomic E-state index is 14.1. The first kappa shape index (κ1) is 24.9. The van der Waals surface area contributed by atoms with Crippen LogP contribution in [-0.4, -0.2) is 69.5 Å². The van der Waals surface area contributed by atoms with Crippen molar-refractivity contribution in [1.29, 1.82) is 0 Å². The van der Waals surface area contributed by atoms with Gasteiger partial charge >= 0.3 is 5.97 Å². The highest BCUT2D eigenvalue weighted by Gasteiger charge is 2.47. The number of aliphatic hydroxyl groups is 1. The Morgan fingerprint density at radius 2 is 1.65 bits per heavy atom. The molecule has 200 valence electrons. The molecule has 3 saturated heterocycles. The van der Waals surface area contributed by atoms with Crippen LogP contribution in [0.1, 0.15) is 83.1 Å². The van der Waals surface area contributed by atoms with Crippen LogP contribution in [0.2, 0.25) is 0 Å². The van der Waals surface area contributed by atoms with Gasteiger partial charge in [0.15, 0.2) is 11.4 Å². The van der Waals surface area contributed by atoms with Crippen LogP contribution < -0.4 is 10.5 Å². The number of benzene rings is 1. The molecule has 1 aromatic carbocycles. The van der Waals surface area contributed by atoms with E-state index in [2.05, 4.69) is 4.90 Å².